The Hall–Kier alpha value is -0.800. The molecule has 3 unspecified atom stereocenters. The summed E-state index contributed by atoms with van der Waals surface area (Å²) in [7, 11) is 0. The van der Waals surface area contributed by atoms with Gasteiger partial charge in [-0.15, -0.1) is 0 Å². The molecule has 2 rings (SSSR count). The molecule has 0 spiro atoms. The van der Waals surface area contributed by atoms with E-state index in [2.05, 4.69) is 19.2 Å². The normalized spacial score (nSPS) is 30.3. The zero-order valence-electron chi connectivity index (χ0n) is 11.5. The Morgan fingerprint density at radius 1 is 1.61 bits per heavy atom. The van der Waals surface area contributed by atoms with Gasteiger partial charge in [-0.05, 0) is 37.3 Å². The van der Waals surface area contributed by atoms with Crippen LogP contribution in [0.1, 0.15) is 57.8 Å². The molecule has 0 aromatic carbocycles. The first-order valence-corrected chi connectivity index (χ1v) is 7.12. The second-order valence-electron chi connectivity index (χ2n) is 5.78. The molecule has 3 atom stereocenters. The quantitative estimate of drug-likeness (QED) is 0.844. The van der Waals surface area contributed by atoms with Gasteiger partial charge < -0.3 is 14.8 Å². The lowest BCUT2D eigenvalue weighted by molar-refractivity contribution is -0.0143. The summed E-state index contributed by atoms with van der Waals surface area (Å²) in [6.07, 6.45) is 6.89. The van der Waals surface area contributed by atoms with E-state index in [0.717, 1.165) is 31.4 Å². The molecule has 1 aliphatic rings. The van der Waals surface area contributed by atoms with E-state index < -0.39 is 5.60 Å². The summed E-state index contributed by atoms with van der Waals surface area (Å²) in [5.74, 6) is 1.60. The number of furan rings is 1. The Balaban J connectivity index is 1.89. The highest BCUT2D eigenvalue weighted by Crippen LogP contribution is 2.32. The molecule has 1 saturated carbocycles. The van der Waals surface area contributed by atoms with Gasteiger partial charge in [-0.2, -0.15) is 0 Å². The first-order valence-electron chi connectivity index (χ1n) is 7.12. The molecule has 1 fully saturated rings. The van der Waals surface area contributed by atoms with Crippen LogP contribution in [-0.4, -0.2) is 17.3 Å². The predicted octanol–water partition coefficient (Wildman–Crippen LogP) is 3.26. The average Bonchev–Trinajstić information content (AvgIpc) is 2.83. The fraction of sp³-hybridized carbons (Fsp3) is 0.733. The maximum Gasteiger partial charge on any atom is 0.120 e. The van der Waals surface area contributed by atoms with Gasteiger partial charge in [0.15, 0.2) is 0 Å². The topological polar surface area (TPSA) is 45.4 Å². The van der Waals surface area contributed by atoms with E-state index in [1.165, 1.54) is 6.42 Å². The van der Waals surface area contributed by atoms with Crippen LogP contribution in [0.4, 0.5) is 0 Å². The van der Waals surface area contributed by atoms with Crippen LogP contribution in [0.5, 0.6) is 0 Å². The third-order valence-electron chi connectivity index (χ3n) is 4.04. The molecule has 2 N–H and O–H groups in total. The molecular formula is C15H25NO2. The second-order valence-corrected chi connectivity index (χ2v) is 5.78. The molecule has 1 aliphatic carbocycles. The first kappa shape index (κ1) is 13.6. The van der Waals surface area contributed by atoms with Gasteiger partial charge in [0.1, 0.15) is 5.76 Å². The lowest BCUT2D eigenvalue weighted by atomic mass is 9.79. The van der Waals surface area contributed by atoms with Crippen LogP contribution in [0.15, 0.2) is 22.8 Å². The van der Waals surface area contributed by atoms with Crippen molar-refractivity contribution < 1.29 is 9.52 Å². The van der Waals surface area contributed by atoms with Crippen molar-refractivity contribution in [2.45, 2.75) is 57.6 Å². The van der Waals surface area contributed by atoms with Crippen molar-refractivity contribution in [1.82, 2.24) is 5.32 Å². The molecule has 18 heavy (non-hydrogen) atoms. The summed E-state index contributed by atoms with van der Waals surface area (Å²) < 4.78 is 5.44. The van der Waals surface area contributed by atoms with Gasteiger partial charge in [-0.3, -0.25) is 0 Å². The van der Waals surface area contributed by atoms with Gasteiger partial charge in [-0.25, -0.2) is 0 Å². The summed E-state index contributed by atoms with van der Waals surface area (Å²) in [5, 5.41) is 14.0. The van der Waals surface area contributed by atoms with Crippen molar-refractivity contribution >= 4 is 0 Å². The Morgan fingerprint density at radius 2 is 2.44 bits per heavy atom. The largest absolute Gasteiger partial charge is 0.468 e. The first-order chi connectivity index (χ1) is 8.63. The highest BCUT2D eigenvalue weighted by atomic mass is 16.3. The fourth-order valence-electron chi connectivity index (χ4n) is 3.04. The molecule has 0 amide bonds. The zero-order chi connectivity index (χ0) is 13.0. The maximum absolute atomic E-state index is 10.6. The summed E-state index contributed by atoms with van der Waals surface area (Å²) in [6, 6.07) is 4.12. The fourth-order valence-corrected chi connectivity index (χ4v) is 3.04. The highest BCUT2D eigenvalue weighted by Gasteiger charge is 2.33. The van der Waals surface area contributed by atoms with Crippen LogP contribution >= 0.6 is 0 Å². The van der Waals surface area contributed by atoms with E-state index in [9.17, 15) is 5.11 Å². The Bertz CT molecular complexity index is 349. The van der Waals surface area contributed by atoms with E-state index in [1.54, 1.807) is 6.26 Å². The highest BCUT2D eigenvalue weighted by molar-refractivity contribution is 5.04. The van der Waals surface area contributed by atoms with Crippen LogP contribution in [0.2, 0.25) is 0 Å². The van der Waals surface area contributed by atoms with Crippen LogP contribution in [0.25, 0.3) is 0 Å². The summed E-state index contributed by atoms with van der Waals surface area (Å²) >= 11 is 0. The Morgan fingerprint density at radius 3 is 3.06 bits per heavy atom. The van der Waals surface area contributed by atoms with Crippen molar-refractivity contribution in [2.24, 2.45) is 5.92 Å². The van der Waals surface area contributed by atoms with E-state index in [0.29, 0.717) is 12.5 Å². The van der Waals surface area contributed by atoms with Crippen LogP contribution < -0.4 is 5.32 Å². The molecule has 0 radical (unpaired) electrons. The van der Waals surface area contributed by atoms with E-state index in [-0.39, 0.29) is 6.04 Å². The van der Waals surface area contributed by atoms with Gasteiger partial charge in [0.25, 0.3) is 0 Å². The lowest BCUT2D eigenvalue weighted by Gasteiger charge is -2.36. The van der Waals surface area contributed by atoms with Crippen LogP contribution in [-0.2, 0) is 0 Å². The van der Waals surface area contributed by atoms with Crippen molar-refractivity contribution in [3.05, 3.63) is 24.2 Å². The molecule has 1 heterocycles. The maximum atomic E-state index is 10.6. The van der Waals surface area contributed by atoms with Crippen molar-refractivity contribution in [1.29, 1.82) is 0 Å². The van der Waals surface area contributed by atoms with Crippen molar-refractivity contribution in [2.75, 3.05) is 6.54 Å². The van der Waals surface area contributed by atoms with Crippen LogP contribution in [0, 0.1) is 5.92 Å². The number of rotatable bonds is 5. The molecular weight excluding hydrogens is 226 g/mol. The Labute approximate surface area is 110 Å². The third-order valence-corrected chi connectivity index (χ3v) is 4.04. The molecule has 1 aromatic heterocycles. The van der Waals surface area contributed by atoms with Gasteiger partial charge in [-0.1, -0.05) is 26.7 Å². The zero-order valence-corrected chi connectivity index (χ0v) is 11.5. The standard InChI is InChI=1S/C15H25NO2/c1-3-13(14-7-5-9-18-14)16-11-15(17)8-4-6-12(2)10-15/h5,7,9,12-13,16-17H,3-4,6,8,10-11H2,1-2H3. The minimum Gasteiger partial charge on any atom is -0.468 e. The van der Waals surface area contributed by atoms with Gasteiger partial charge >= 0.3 is 0 Å². The van der Waals surface area contributed by atoms with Crippen molar-refractivity contribution in [3.8, 4) is 0 Å². The lowest BCUT2D eigenvalue weighted by Crippen LogP contribution is -2.44. The number of hydrogen-bond donors (Lipinski definition) is 2. The predicted molar refractivity (Wildman–Crippen MR) is 72.3 cm³/mol. The molecule has 1 aromatic rings. The summed E-state index contributed by atoms with van der Waals surface area (Å²) in [5.41, 5.74) is -0.530. The van der Waals surface area contributed by atoms with Crippen LogP contribution in [0.3, 0.4) is 0 Å². The number of hydrogen-bond acceptors (Lipinski definition) is 3. The summed E-state index contributed by atoms with van der Waals surface area (Å²) in [4.78, 5) is 0. The smallest absolute Gasteiger partial charge is 0.120 e. The SMILES string of the molecule is CCC(NCC1(O)CCCC(C)C1)c1ccco1. The molecule has 3 nitrogen and oxygen atoms in total. The van der Waals surface area contributed by atoms with Gasteiger partial charge in [0.05, 0.1) is 17.9 Å². The molecule has 0 bridgehead atoms. The minimum atomic E-state index is -0.530. The average molecular weight is 251 g/mol. The third kappa shape index (κ3) is 3.36. The minimum absolute atomic E-state index is 0.209. The monoisotopic (exact) mass is 251 g/mol. The Kier molecular flexibility index (Phi) is 4.46. The number of nitrogens with one attached hydrogen (secondary N) is 1. The van der Waals surface area contributed by atoms with E-state index >= 15 is 0 Å². The summed E-state index contributed by atoms with van der Waals surface area (Å²) in [6.45, 7) is 5.03. The van der Waals surface area contributed by atoms with Gasteiger partial charge in [0.2, 0.25) is 0 Å². The number of aliphatic hydroxyl groups is 1. The molecule has 3 heteroatoms. The van der Waals surface area contributed by atoms with E-state index in [1.807, 2.05) is 12.1 Å². The van der Waals surface area contributed by atoms with E-state index in [4.69, 9.17) is 4.42 Å². The molecule has 0 saturated heterocycles. The molecule has 102 valence electrons. The molecule has 0 aliphatic heterocycles. The van der Waals surface area contributed by atoms with Gasteiger partial charge in [0, 0.05) is 6.54 Å². The second kappa shape index (κ2) is 5.89. The van der Waals surface area contributed by atoms with Crippen molar-refractivity contribution in [3.63, 3.8) is 0 Å².